The number of nitrogens with one attached hydrogen (secondary N) is 8. The quantitative estimate of drug-likeness (QED) is 0.0121. The molecule has 0 aromatic heterocycles. The van der Waals surface area contributed by atoms with Gasteiger partial charge in [0.05, 0.1) is 31.6 Å². The van der Waals surface area contributed by atoms with Crippen molar-refractivity contribution in [2.24, 2.45) is 27.9 Å². The van der Waals surface area contributed by atoms with E-state index < -0.39 is 170 Å². The predicted molar refractivity (Wildman–Crippen MR) is 253 cm³/mol. The van der Waals surface area contributed by atoms with Crippen LogP contribution in [0.25, 0.3) is 0 Å². The van der Waals surface area contributed by atoms with E-state index >= 15 is 0 Å². The number of amides is 9. The van der Waals surface area contributed by atoms with E-state index in [4.69, 9.17) is 22.9 Å². The number of thioether (sulfide) groups is 1. The number of nitrogens with two attached hydrogens (primary N) is 4. The van der Waals surface area contributed by atoms with Crippen LogP contribution in [0.5, 0.6) is 0 Å². The number of hydrogen-bond donors (Lipinski definition) is 19. The minimum atomic E-state index is -1.91. The van der Waals surface area contributed by atoms with Gasteiger partial charge in [0.15, 0.2) is 5.96 Å². The van der Waals surface area contributed by atoms with Crippen LogP contribution in [0.2, 0.25) is 0 Å². The number of aliphatic hydroxyl groups excluding tert-OH is 2. The van der Waals surface area contributed by atoms with Crippen molar-refractivity contribution in [2.45, 2.75) is 112 Å². The molecule has 10 atom stereocenters. The molecule has 0 radical (unpaired) electrons. The third-order valence-corrected chi connectivity index (χ3v) is 10.8. The molecule has 0 aromatic rings. The molecule has 396 valence electrons. The summed E-state index contributed by atoms with van der Waals surface area (Å²) in [6, 6.07) is -15.3. The third-order valence-electron chi connectivity index (χ3n) is 9.36. The summed E-state index contributed by atoms with van der Waals surface area (Å²) in [6.07, 6.45) is -3.84. The van der Waals surface area contributed by atoms with Crippen molar-refractivity contribution in [3.8, 4) is 0 Å². The molecule has 30 nitrogen and oxygen atoms in total. The molecule has 0 saturated heterocycles. The highest BCUT2D eigenvalue weighted by Gasteiger charge is 2.36. The van der Waals surface area contributed by atoms with Gasteiger partial charge in [0.1, 0.15) is 48.3 Å². The van der Waals surface area contributed by atoms with E-state index in [2.05, 4.69) is 67.5 Å². The van der Waals surface area contributed by atoms with Crippen molar-refractivity contribution in [1.82, 2.24) is 42.5 Å². The van der Waals surface area contributed by atoms with Crippen molar-refractivity contribution in [3.05, 3.63) is 0 Å². The zero-order valence-electron chi connectivity index (χ0n) is 38.0. The van der Waals surface area contributed by atoms with E-state index in [1.807, 2.05) is 5.32 Å². The number of carboxylic acids is 3. The standard InChI is InChI=1S/C37H63N13O17S3/c1-15(52)27(50-28(58)16(38)13-68)35(65)45-18(5-6-25(54)55)30(60)48-22(12-51)34(64)44-19(7-9-70-2)31(61)46-20(10-24(39)53)32(62)43-17(4-3-8-42-37(40)41)29(59)47-21(11-26(56)57)33(63)49-23(14-69)36(66)67/h15-23,27,51-52,68-69H,3-14,38H2,1-2H3,(H2,39,53)(H,43,62)(H,44,64)(H,45,65)(H,46,61)(H,47,59)(H,48,60)(H,49,63)(H,50,58)(H,54,55)(H,56,57)(H,66,67)(H4,40,41,42)/t15-,16+,17+,18+,19+,20+,21+,22+,23+,27+/m1/s1. The average Bonchev–Trinajstić information content (AvgIpc) is 3.27. The summed E-state index contributed by atoms with van der Waals surface area (Å²) in [7, 11) is 0. The first-order chi connectivity index (χ1) is 32.7. The average molecular weight is 1060 g/mol. The number of aliphatic imine (C=N–C) groups is 1. The molecule has 0 unspecified atom stereocenters. The van der Waals surface area contributed by atoms with Gasteiger partial charge in [0, 0.05) is 24.5 Å². The molecule has 33 heteroatoms. The maximum Gasteiger partial charge on any atom is 0.327 e. The number of carbonyl (C=O) groups excluding carboxylic acids is 9. The Labute approximate surface area is 415 Å². The van der Waals surface area contributed by atoms with Gasteiger partial charge in [0.2, 0.25) is 53.2 Å². The maximum absolute atomic E-state index is 13.8. The van der Waals surface area contributed by atoms with Crippen LogP contribution in [0.15, 0.2) is 4.99 Å². The van der Waals surface area contributed by atoms with E-state index in [0.29, 0.717) is 0 Å². The number of carboxylic acid groups (broad SMARTS) is 3. The minimum Gasteiger partial charge on any atom is -0.481 e. The van der Waals surface area contributed by atoms with Crippen molar-refractivity contribution in [2.75, 3.05) is 36.7 Å². The Bertz CT molecular complexity index is 1900. The topological polar surface area (TPSA) is 519 Å². The Hall–Kier alpha value is -6.16. The molecule has 0 aromatic carbocycles. The predicted octanol–water partition coefficient (Wildman–Crippen LogP) is -8.47. The normalized spacial score (nSPS) is 15.1. The first-order valence-corrected chi connectivity index (χ1v) is 23.6. The van der Waals surface area contributed by atoms with E-state index in [1.54, 1.807) is 6.26 Å². The van der Waals surface area contributed by atoms with Gasteiger partial charge in [0.25, 0.3) is 0 Å². The molecule has 0 rings (SSSR count). The van der Waals surface area contributed by atoms with Crippen molar-refractivity contribution in [3.63, 3.8) is 0 Å². The lowest BCUT2D eigenvalue weighted by atomic mass is 10.1. The van der Waals surface area contributed by atoms with Crippen LogP contribution in [0.4, 0.5) is 0 Å². The largest absolute Gasteiger partial charge is 0.481 e. The summed E-state index contributed by atoms with van der Waals surface area (Å²) < 4.78 is 0. The Morgan fingerprint density at radius 1 is 0.571 bits per heavy atom. The fourth-order valence-corrected chi connectivity index (χ4v) is 6.52. The second kappa shape index (κ2) is 33.4. The summed E-state index contributed by atoms with van der Waals surface area (Å²) in [6.45, 7) is -0.148. The Balaban J connectivity index is 6.61. The summed E-state index contributed by atoms with van der Waals surface area (Å²) in [5.74, 6) is -15.8. The molecule has 0 saturated carbocycles. The highest BCUT2D eigenvalue weighted by atomic mass is 32.2. The van der Waals surface area contributed by atoms with Gasteiger partial charge in [-0.3, -0.25) is 57.7 Å². The second-order valence-electron chi connectivity index (χ2n) is 15.1. The first-order valence-electron chi connectivity index (χ1n) is 20.9. The molecule has 21 N–H and O–H groups in total. The zero-order valence-corrected chi connectivity index (χ0v) is 40.6. The van der Waals surface area contributed by atoms with Gasteiger partial charge >= 0.3 is 17.9 Å². The number of guanidine groups is 1. The van der Waals surface area contributed by atoms with Crippen LogP contribution < -0.4 is 65.5 Å². The maximum atomic E-state index is 13.8. The van der Waals surface area contributed by atoms with Gasteiger partial charge in [-0.15, -0.1) is 0 Å². The number of nitrogens with zero attached hydrogens (tertiary/aromatic N) is 1. The van der Waals surface area contributed by atoms with Crippen molar-refractivity contribution in [1.29, 1.82) is 0 Å². The SMILES string of the molecule is CSCC[C@H](NC(=O)[C@H](CO)NC(=O)[C@H](CCC(=O)O)NC(=O)[C@@H](NC(=O)[C@@H](N)CS)[C@@H](C)O)C(=O)N[C@@H](CC(N)=O)C(=O)N[C@@H](CCCN=C(N)N)C(=O)N[C@@H](CC(=O)O)C(=O)N[C@@H](CS)C(=O)O. The van der Waals surface area contributed by atoms with Gasteiger partial charge in [-0.1, -0.05) is 0 Å². The van der Waals surface area contributed by atoms with Crippen LogP contribution in [0.3, 0.4) is 0 Å². The van der Waals surface area contributed by atoms with Crippen LogP contribution in [0, 0.1) is 0 Å². The number of primary amides is 1. The Morgan fingerprint density at radius 2 is 1.01 bits per heavy atom. The van der Waals surface area contributed by atoms with Gasteiger partial charge in [-0.2, -0.15) is 37.0 Å². The number of carbonyl (C=O) groups is 12. The lowest BCUT2D eigenvalue weighted by molar-refractivity contribution is -0.143. The van der Waals surface area contributed by atoms with Gasteiger partial charge < -0.3 is 91.0 Å². The number of hydrogen-bond acceptors (Lipinski definition) is 19. The fraction of sp³-hybridized carbons (Fsp3) is 0.649. The minimum absolute atomic E-state index is 0.0514. The van der Waals surface area contributed by atoms with Crippen molar-refractivity contribution < 1.29 is 83.1 Å². The third kappa shape index (κ3) is 24.9. The number of aliphatic hydroxyl groups is 2. The molecule has 0 aliphatic rings. The van der Waals surface area contributed by atoms with E-state index in [1.165, 1.54) is 11.8 Å². The molecule has 0 fully saturated rings. The molecular weight excluding hydrogens is 995 g/mol. The lowest BCUT2D eigenvalue weighted by Crippen LogP contribution is -2.62. The smallest absolute Gasteiger partial charge is 0.327 e. The second-order valence-corrected chi connectivity index (χ2v) is 16.8. The van der Waals surface area contributed by atoms with Crippen molar-refractivity contribution >= 4 is 114 Å². The fourth-order valence-electron chi connectivity index (χ4n) is 5.63. The lowest BCUT2D eigenvalue weighted by Gasteiger charge is -2.27. The Morgan fingerprint density at radius 3 is 1.44 bits per heavy atom. The number of rotatable bonds is 35. The Kier molecular flexibility index (Phi) is 30.4. The molecule has 0 aliphatic heterocycles. The molecule has 70 heavy (non-hydrogen) atoms. The molecule has 0 spiro atoms. The van der Waals surface area contributed by atoms with E-state index in [9.17, 15) is 83.1 Å². The summed E-state index contributed by atoms with van der Waals surface area (Å²) in [4.78, 5) is 157. The number of aliphatic carboxylic acids is 3. The van der Waals surface area contributed by atoms with Gasteiger partial charge in [-0.25, -0.2) is 4.79 Å². The van der Waals surface area contributed by atoms with Crippen LogP contribution in [-0.2, 0) is 57.5 Å². The highest BCUT2D eigenvalue weighted by molar-refractivity contribution is 7.98. The first kappa shape index (κ1) is 63.8. The van der Waals surface area contributed by atoms with Gasteiger partial charge in [-0.05, 0) is 44.6 Å². The highest BCUT2D eigenvalue weighted by Crippen LogP contribution is 2.08. The molecule has 0 aliphatic carbocycles. The van der Waals surface area contributed by atoms with Crippen LogP contribution in [-0.4, -0.2) is 200 Å². The molecule has 9 amide bonds. The molecular formula is C37H63N13O17S3. The zero-order chi connectivity index (χ0) is 53.8. The number of thiol groups is 2. The van der Waals surface area contributed by atoms with E-state index in [-0.39, 0.29) is 43.3 Å². The molecule has 0 heterocycles. The molecule has 0 bridgehead atoms. The van der Waals surface area contributed by atoms with Crippen LogP contribution in [0.1, 0.15) is 51.9 Å². The summed E-state index contributed by atoms with van der Waals surface area (Å²) in [5.41, 5.74) is 21.7. The summed E-state index contributed by atoms with van der Waals surface area (Å²) >= 11 is 8.91. The monoisotopic (exact) mass is 1060 g/mol. The van der Waals surface area contributed by atoms with Crippen LogP contribution >= 0.6 is 37.0 Å². The van der Waals surface area contributed by atoms with E-state index in [0.717, 1.165) is 6.92 Å². The summed E-state index contributed by atoms with van der Waals surface area (Å²) in [5, 5.41) is 65.8.